The third-order valence-electron chi connectivity index (χ3n) is 3.14. The van der Waals surface area contributed by atoms with Crippen LogP contribution in [0.3, 0.4) is 0 Å². The van der Waals surface area contributed by atoms with E-state index < -0.39 is 0 Å². The molecule has 1 heterocycles. The van der Waals surface area contributed by atoms with E-state index in [4.69, 9.17) is 23.2 Å². The Labute approximate surface area is 110 Å². The molecule has 0 N–H and O–H groups in total. The standard InChI is InChI=1S/C11H13Cl2N3O/c1-16(7-2-4-8(17)5-3-7)9-6-10(12)14-15-11(9)13/h6-7H,2-5H2,1H3. The van der Waals surface area contributed by atoms with E-state index in [9.17, 15) is 4.79 Å². The van der Waals surface area contributed by atoms with Crippen LogP contribution < -0.4 is 4.90 Å². The minimum absolute atomic E-state index is 0.311. The zero-order chi connectivity index (χ0) is 12.4. The number of rotatable bonds is 2. The first kappa shape index (κ1) is 12.6. The molecule has 6 heteroatoms. The molecule has 1 aromatic heterocycles. The van der Waals surface area contributed by atoms with E-state index in [-0.39, 0.29) is 0 Å². The molecule has 0 unspecified atom stereocenters. The first-order valence-electron chi connectivity index (χ1n) is 5.51. The summed E-state index contributed by atoms with van der Waals surface area (Å²) in [7, 11) is 1.94. The Hall–Kier alpha value is -0.870. The summed E-state index contributed by atoms with van der Waals surface area (Å²) in [5.74, 6) is 0.339. The number of aromatic nitrogens is 2. The largest absolute Gasteiger partial charge is 0.369 e. The Bertz CT molecular complexity index is 429. The summed E-state index contributed by atoms with van der Waals surface area (Å²) in [6.45, 7) is 0. The smallest absolute Gasteiger partial charge is 0.175 e. The molecule has 0 aromatic carbocycles. The van der Waals surface area contributed by atoms with Gasteiger partial charge in [-0.2, -0.15) is 0 Å². The fraction of sp³-hybridized carbons (Fsp3) is 0.545. The molecule has 92 valence electrons. The number of carbonyl (C=O) groups is 1. The maximum absolute atomic E-state index is 11.2. The van der Waals surface area contributed by atoms with Crippen LogP contribution in [0.5, 0.6) is 0 Å². The third-order valence-corrected chi connectivity index (χ3v) is 3.59. The molecular formula is C11H13Cl2N3O. The zero-order valence-electron chi connectivity index (χ0n) is 9.49. The number of nitrogens with zero attached hydrogens (tertiary/aromatic N) is 3. The van der Waals surface area contributed by atoms with Crippen molar-refractivity contribution in [1.82, 2.24) is 10.2 Å². The molecular weight excluding hydrogens is 261 g/mol. The van der Waals surface area contributed by atoms with Crippen molar-refractivity contribution in [3.8, 4) is 0 Å². The van der Waals surface area contributed by atoms with Crippen molar-refractivity contribution in [3.63, 3.8) is 0 Å². The molecule has 0 bridgehead atoms. The van der Waals surface area contributed by atoms with Gasteiger partial charge in [0, 0.05) is 32.0 Å². The van der Waals surface area contributed by atoms with E-state index in [0.29, 0.717) is 35.0 Å². The first-order chi connectivity index (χ1) is 8.08. The molecule has 1 aliphatic carbocycles. The summed E-state index contributed by atoms with van der Waals surface area (Å²) in [4.78, 5) is 13.2. The Kier molecular flexibility index (Phi) is 3.84. The molecule has 1 aliphatic rings. The summed E-state index contributed by atoms with van der Waals surface area (Å²) in [5, 5.41) is 8.13. The van der Waals surface area contributed by atoms with Crippen molar-refractivity contribution in [2.45, 2.75) is 31.7 Å². The molecule has 0 atom stereocenters. The SMILES string of the molecule is CN(c1cc(Cl)nnc1Cl)C1CCC(=O)CC1. The van der Waals surface area contributed by atoms with Crippen LogP contribution >= 0.6 is 23.2 Å². The summed E-state index contributed by atoms with van der Waals surface area (Å²) in [5.41, 5.74) is 0.769. The van der Waals surface area contributed by atoms with E-state index in [1.165, 1.54) is 0 Å². The van der Waals surface area contributed by atoms with Crippen molar-refractivity contribution < 1.29 is 4.79 Å². The Morgan fingerprint density at radius 1 is 1.29 bits per heavy atom. The maximum Gasteiger partial charge on any atom is 0.175 e. The molecule has 17 heavy (non-hydrogen) atoms. The molecule has 0 amide bonds. The van der Waals surface area contributed by atoms with Gasteiger partial charge in [-0.25, -0.2) is 0 Å². The van der Waals surface area contributed by atoms with Gasteiger partial charge < -0.3 is 4.90 Å². The van der Waals surface area contributed by atoms with Gasteiger partial charge in [-0.3, -0.25) is 4.79 Å². The third kappa shape index (κ3) is 2.87. The highest BCUT2D eigenvalue weighted by Crippen LogP contribution is 2.29. The topological polar surface area (TPSA) is 46.1 Å². The lowest BCUT2D eigenvalue weighted by Gasteiger charge is -2.32. The molecule has 0 radical (unpaired) electrons. The normalized spacial score (nSPS) is 17.2. The van der Waals surface area contributed by atoms with Gasteiger partial charge in [0.2, 0.25) is 0 Å². The molecule has 0 spiro atoms. The number of halogens is 2. The van der Waals surface area contributed by atoms with Gasteiger partial charge in [0.15, 0.2) is 10.3 Å². The van der Waals surface area contributed by atoms with Crippen molar-refractivity contribution in [3.05, 3.63) is 16.4 Å². The van der Waals surface area contributed by atoms with Gasteiger partial charge in [-0.1, -0.05) is 23.2 Å². The summed E-state index contributed by atoms with van der Waals surface area (Å²) < 4.78 is 0. The molecule has 0 aliphatic heterocycles. The monoisotopic (exact) mass is 273 g/mol. The Morgan fingerprint density at radius 3 is 2.59 bits per heavy atom. The van der Waals surface area contributed by atoms with Gasteiger partial charge >= 0.3 is 0 Å². The van der Waals surface area contributed by atoms with E-state index in [0.717, 1.165) is 18.5 Å². The number of carbonyl (C=O) groups excluding carboxylic acids is 1. The molecule has 4 nitrogen and oxygen atoms in total. The Balaban J connectivity index is 2.16. The minimum Gasteiger partial charge on any atom is -0.369 e. The van der Waals surface area contributed by atoms with E-state index in [2.05, 4.69) is 10.2 Å². The predicted molar refractivity (Wildman–Crippen MR) is 67.7 cm³/mol. The fourth-order valence-corrected chi connectivity index (χ4v) is 2.47. The predicted octanol–water partition coefficient (Wildman–Crippen LogP) is 2.73. The lowest BCUT2D eigenvalue weighted by Crippen LogP contribution is -2.35. The van der Waals surface area contributed by atoms with Crippen LogP contribution in [0.15, 0.2) is 6.07 Å². The minimum atomic E-state index is 0.311. The van der Waals surface area contributed by atoms with E-state index >= 15 is 0 Å². The maximum atomic E-state index is 11.2. The van der Waals surface area contributed by atoms with Crippen LogP contribution in [0.4, 0.5) is 5.69 Å². The average molecular weight is 274 g/mol. The van der Waals surface area contributed by atoms with Gasteiger partial charge in [-0.15, -0.1) is 10.2 Å². The van der Waals surface area contributed by atoms with Gasteiger partial charge in [0.05, 0.1) is 5.69 Å². The number of ketones is 1. The van der Waals surface area contributed by atoms with Crippen molar-refractivity contribution in [1.29, 1.82) is 0 Å². The fourth-order valence-electron chi connectivity index (χ4n) is 2.10. The van der Waals surface area contributed by atoms with Crippen LogP contribution in [0, 0.1) is 0 Å². The summed E-state index contributed by atoms with van der Waals surface area (Å²) >= 11 is 11.8. The average Bonchev–Trinajstić information content (AvgIpc) is 2.32. The second kappa shape index (κ2) is 5.19. The van der Waals surface area contributed by atoms with Crippen molar-refractivity contribution in [2.24, 2.45) is 0 Å². The number of anilines is 1. The van der Waals surface area contributed by atoms with Crippen LogP contribution in [0.2, 0.25) is 10.3 Å². The van der Waals surface area contributed by atoms with Crippen molar-refractivity contribution >= 4 is 34.7 Å². The highest BCUT2D eigenvalue weighted by Gasteiger charge is 2.24. The molecule has 1 fully saturated rings. The Morgan fingerprint density at radius 2 is 1.94 bits per heavy atom. The number of hydrogen-bond donors (Lipinski definition) is 0. The van der Waals surface area contributed by atoms with Crippen LogP contribution in [-0.4, -0.2) is 29.1 Å². The van der Waals surface area contributed by atoms with Crippen LogP contribution in [-0.2, 0) is 4.79 Å². The highest BCUT2D eigenvalue weighted by molar-refractivity contribution is 6.33. The zero-order valence-corrected chi connectivity index (χ0v) is 11.0. The van der Waals surface area contributed by atoms with Crippen molar-refractivity contribution in [2.75, 3.05) is 11.9 Å². The van der Waals surface area contributed by atoms with E-state index in [1.54, 1.807) is 6.07 Å². The highest BCUT2D eigenvalue weighted by atomic mass is 35.5. The number of Topliss-reactive ketones (excluding diaryl/α,β-unsaturated/α-hetero) is 1. The lowest BCUT2D eigenvalue weighted by atomic mass is 9.93. The van der Waals surface area contributed by atoms with Gasteiger partial charge in [-0.05, 0) is 12.8 Å². The first-order valence-corrected chi connectivity index (χ1v) is 6.27. The second-order valence-electron chi connectivity index (χ2n) is 4.22. The van der Waals surface area contributed by atoms with E-state index in [1.807, 2.05) is 11.9 Å². The molecule has 2 rings (SSSR count). The number of hydrogen-bond acceptors (Lipinski definition) is 4. The van der Waals surface area contributed by atoms with Crippen LogP contribution in [0.25, 0.3) is 0 Å². The molecule has 1 saturated carbocycles. The second-order valence-corrected chi connectivity index (χ2v) is 4.97. The quantitative estimate of drug-likeness (QED) is 0.831. The van der Waals surface area contributed by atoms with Gasteiger partial charge in [0.1, 0.15) is 5.78 Å². The lowest BCUT2D eigenvalue weighted by molar-refractivity contribution is -0.120. The molecule has 0 saturated heterocycles. The molecule has 1 aromatic rings. The summed E-state index contributed by atoms with van der Waals surface area (Å²) in [6.07, 6.45) is 2.98. The summed E-state index contributed by atoms with van der Waals surface area (Å²) in [6, 6.07) is 2.01. The van der Waals surface area contributed by atoms with Gasteiger partial charge in [0.25, 0.3) is 0 Å². The van der Waals surface area contributed by atoms with Crippen LogP contribution in [0.1, 0.15) is 25.7 Å².